The van der Waals surface area contributed by atoms with Crippen molar-refractivity contribution < 1.29 is 23.9 Å². The molecule has 3 amide bonds. The fraction of sp³-hybridized carbons (Fsp3) is 0.0833. The van der Waals surface area contributed by atoms with Crippen molar-refractivity contribution in [2.45, 2.75) is 0 Å². The van der Waals surface area contributed by atoms with Crippen LogP contribution in [0.2, 0.25) is 0 Å². The molecule has 8 heteroatoms. The molecule has 0 unspecified atom stereocenters. The average molecular weight is 429 g/mol. The summed E-state index contributed by atoms with van der Waals surface area (Å²) in [6.45, 7) is -0.633. The van der Waals surface area contributed by atoms with Gasteiger partial charge in [-0.2, -0.15) is 0 Å². The molecular weight excluding hydrogens is 410 g/mol. The Morgan fingerprint density at radius 3 is 2.50 bits per heavy atom. The highest BCUT2D eigenvalue weighted by Crippen LogP contribution is 2.29. The van der Waals surface area contributed by atoms with Gasteiger partial charge in [0.15, 0.2) is 6.61 Å². The zero-order chi connectivity index (χ0) is 22.7. The molecule has 1 aromatic heterocycles. The molecule has 3 N–H and O–H groups in total. The Balaban J connectivity index is 1.72. The van der Waals surface area contributed by atoms with Crippen LogP contribution in [-0.4, -0.2) is 36.6 Å². The molecule has 8 nitrogen and oxygen atoms in total. The van der Waals surface area contributed by atoms with Gasteiger partial charge in [0, 0.05) is 10.9 Å². The van der Waals surface area contributed by atoms with Gasteiger partial charge in [0.25, 0.3) is 5.91 Å². The number of pyridine rings is 1. The minimum absolute atomic E-state index is 0.257. The molecule has 4 aromatic rings. The van der Waals surface area contributed by atoms with Gasteiger partial charge in [-0.25, -0.2) is 14.6 Å². The number of carbonyl (C=O) groups excluding carboxylic acids is 3. The lowest BCUT2D eigenvalue weighted by atomic mass is 10.0. The number of benzene rings is 3. The normalized spacial score (nSPS) is 10.7. The molecule has 0 saturated heterocycles. The van der Waals surface area contributed by atoms with Gasteiger partial charge in [-0.05, 0) is 41.1 Å². The number of carbonyl (C=O) groups is 3. The lowest BCUT2D eigenvalue weighted by Gasteiger charge is -2.11. The number of para-hydroxylation sites is 1. The number of nitrogens with one attached hydrogen (secondary N) is 1. The quantitative estimate of drug-likeness (QED) is 0.469. The largest absolute Gasteiger partial charge is 0.497 e. The zero-order valence-electron chi connectivity index (χ0n) is 17.1. The van der Waals surface area contributed by atoms with Gasteiger partial charge in [-0.3, -0.25) is 10.1 Å². The molecule has 4 rings (SSSR count). The number of rotatable bonds is 5. The number of urea groups is 1. The predicted molar refractivity (Wildman–Crippen MR) is 119 cm³/mol. The van der Waals surface area contributed by atoms with Crippen molar-refractivity contribution in [2.24, 2.45) is 5.73 Å². The van der Waals surface area contributed by atoms with E-state index in [0.29, 0.717) is 16.6 Å². The maximum Gasteiger partial charge on any atom is 0.339 e. The Morgan fingerprint density at radius 2 is 1.72 bits per heavy atom. The number of primary amides is 1. The molecule has 32 heavy (non-hydrogen) atoms. The van der Waals surface area contributed by atoms with E-state index < -0.39 is 24.5 Å². The van der Waals surface area contributed by atoms with Gasteiger partial charge < -0.3 is 15.2 Å². The van der Waals surface area contributed by atoms with E-state index in [1.54, 1.807) is 31.4 Å². The summed E-state index contributed by atoms with van der Waals surface area (Å²) in [7, 11) is 1.62. The summed E-state index contributed by atoms with van der Waals surface area (Å²) in [5, 5.41) is 4.44. The topological polar surface area (TPSA) is 121 Å². The number of ether oxygens (including phenoxy) is 2. The SMILES string of the molecule is COc1ccc2cc(-c3cc(C(=O)OCC(=O)NC(N)=O)c4ccccc4n3)ccc2c1. The van der Waals surface area contributed by atoms with Gasteiger partial charge in [0.2, 0.25) is 0 Å². The van der Waals surface area contributed by atoms with Crippen molar-refractivity contribution in [3.8, 4) is 17.0 Å². The van der Waals surface area contributed by atoms with Crippen LogP contribution >= 0.6 is 0 Å². The monoisotopic (exact) mass is 429 g/mol. The summed E-state index contributed by atoms with van der Waals surface area (Å²) < 4.78 is 10.4. The number of aromatic nitrogens is 1. The Bertz CT molecular complexity index is 1370. The van der Waals surface area contributed by atoms with E-state index in [2.05, 4.69) is 0 Å². The van der Waals surface area contributed by atoms with E-state index >= 15 is 0 Å². The minimum atomic E-state index is -1.02. The number of nitrogens with two attached hydrogens (primary N) is 1. The summed E-state index contributed by atoms with van der Waals surface area (Å²) in [5.74, 6) is -0.760. The smallest absolute Gasteiger partial charge is 0.339 e. The van der Waals surface area contributed by atoms with Crippen LogP contribution in [0.4, 0.5) is 4.79 Å². The number of imide groups is 1. The molecule has 3 aromatic carbocycles. The van der Waals surface area contributed by atoms with Crippen molar-refractivity contribution in [2.75, 3.05) is 13.7 Å². The molecule has 0 saturated carbocycles. The van der Waals surface area contributed by atoms with Crippen molar-refractivity contribution in [1.29, 1.82) is 0 Å². The molecule has 160 valence electrons. The van der Waals surface area contributed by atoms with Gasteiger partial charge in [-0.15, -0.1) is 0 Å². The second kappa shape index (κ2) is 8.73. The standard InChI is InChI=1S/C24H19N3O5/c1-31-17-9-8-14-10-16(7-6-15(14)11-17)21-12-19(18-4-2-3-5-20(18)26-21)23(29)32-13-22(28)27-24(25)30/h2-12H,13H2,1H3,(H3,25,27,28,30). The Labute approximate surface area is 182 Å². The third-order valence-corrected chi connectivity index (χ3v) is 4.88. The van der Waals surface area contributed by atoms with Crippen LogP contribution in [-0.2, 0) is 9.53 Å². The number of hydrogen-bond donors (Lipinski definition) is 2. The summed E-state index contributed by atoms with van der Waals surface area (Å²) >= 11 is 0. The van der Waals surface area contributed by atoms with E-state index in [-0.39, 0.29) is 5.56 Å². The summed E-state index contributed by atoms with van der Waals surface area (Å²) in [6.07, 6.45) is 0. The van der Waals surface area contributed by atoms with E-state index in [0.717, 1.165) is 22.1 Å². The van der Waals surface area contributed by atoms with Crippen LogP contribution in [0.1, 0.15) is 10.4 Å². The third kappa shape index (κ3) is 4.34. The van der Waals surface area contributed by atoms with Crippen LogP contribution in [0.3, 0.4) is 0 Å². The first-order valence-electron chi connectivity index (χ1n) is 9.69. The first kappa shape index (κ1) is 20.8. The molecule has 0 aliphatic rings. The number of hydrogen-bond acceptors (Lipinski definition) is 6. The van der Waals surface area contributed by atoms with Crippen LogP contribution in [0.25, 0.3) is 32.9 Å². The van der Waals surface area contributed by atoms with Crippen molar-refractivity contribution in [3.05, 3.63) is 72.3 Å². The van der Waals surface area contributed by atoms with Crippen molar-refractivity contribution in [3.63, 3.8) is 0 Å². The Kier molecular flexibility index (Phi) is 5.67. The molecule has 0 radical (unpaired) electrons. The highest BCUT2D eigenvalue weighted by Gasteiger charge is 2.17. The third-order valence-electron chi connectivity index (χ3n) is 4.88. The lowest BCUT2D eigenvalue weighted by Crippen LogP contribution is -2.37. The second-order valence-corrected chi connectivity index (χ2v) is 6.99. The molecule has 0 bridgehead atoms. The van der Waals surface area contributed by atoms with Crippen molar-refractivity contribution >= 4 is 39.6 Å². The Morgan fingerprint density at radius 1 is 0.969 bits per heavy atom. The van der Waals surface area contributed by atoms with Gasteiger partial charge in [0.1, 0.15) is 5.75 Å². The average Bonchev–Trinajstić information content (AvgIpc) is 2.80. The van der Waals surface area contributed by atoms with Crippen LogP contribution in [0, 0.1) is 0 Å². The van der Waals surface area contributed by atoms with Gasteiger partial charge in [0.05, 0.1) is 23.9 Å². The molecular formula is C24H19N3O5. The second-order valence-electron chi connectivity index (χ2n) is 6.99. The van der Waals surface area contributed by atoms with Crippen molar-refractivity contribution in [1.82, 2.24) is 10.3 Å². The summed E-state index contributed by atoms with van der Waals surface area (Å²) in [5.41, 5.74) is 7.15. The number of nitrogens with zero attached hydrogens (tertiary/aromatic N) is 1. The van der Waals surface area contributed by atoms with E-state index in [9.17, 15) is 14.4 Å². The van der Waals surface area contributed by atoms with E-state index in [1.807, 2.05) is 47.8 Å². The summed E-state index contributed by atoms with van der Waals surface area (Å²) in [6, 6.07) is 19.4. The number of amides is 3. The predicted octanol–water partition coefficient (Wildman–Crippen LogP) is 3.42. The van der Waals surface area contributed by atoms with Crippen LogP contribution in [0.5, 0.6) is 5.75 Å². The number of fused-ring (bicyclic) bond motifs is 2. The highest BCUT2D eigenvalue weighted by atomic mass is 16.5. The zero-order valence-corrected chi connectivity index (χ0v) is 17.1. The Hall–Kier alpha value is -4.46. The molecule has 1 heterocycles. The van der Waals surface area contributed by atoms with Crippen LogP contribution in [0.15, 0.2) is 66.7 Å². The molecule has 0 aliphatic carbocycles. The first-order chi connectivity index (χ1) is 15.4. The molecule has 0 fully saturated rings. The maximum atomic E-state index is 12.8. The fourth-order valence-electron chi connectivity index (χ4n) is 3.38. The fourth-order valence-corrected chi connectivity index (χ4v) is 3.38. The lowest BCUT2D eigenvalue weighted by molar-refractivity contribution is -0.123. The number of esters is 1. The highest BCUT2D eigenvalue weighted by molar-refractivity contribution is 6.05. The van der Waals surface area contributed by atoms with Crippen LogP contribution < -0.4 is 15.8 Å². The van der Waals surface area contributed by atoms with E-state index in [1.165, 1.54) is 0 Å². The molecule has 0 spiro atoms. The summed E-state index contributed by atoms with van der Waals surface area (Å²) in [4.78, 5) is 39.8. The first-order valence-corrected chi connectivity index (χ1v) is 9.69. The number of methoxy groups -OCH3 is 1. The molecule has 0 aliphatic heterocycles. The van der Waals surface area contributed by atoms with E-state index in [4.69, 9.17) is 20.2 Å². The van der Waals surface area contributed by atoms with Gasteiger partial charge >= 0.3 is 12.0 Å². The minimum Gasteiger partial charge on any atom is -0.497 e. The van der Waals surface area contributed by atoms with Gasteiger partial charge in [-0.1, -0.05) is 36.4 Å². The molecule has 0 atom stereocenters. The maximum absolute atomic E-state index is 12.8.